The minimum atomic E-state index is -0.166. The Hall–Kier alpha value is -2.25. The lowest BCUT2D eigenvalue weighted by molar-refractivity contribution is -0.143. The standard InChI is InChI=1S/C25H32BrN3O3/c1-5-20-10-11-23-25(18-12-19(26)14-27-13-18)21(8-7-9-24(30)32-6-2)22(28-29(20)23)16-31-15-17(3)4/h10-14,17H,5-9,15-16H2,1-4H3. The summed E-state index contributed by atoms with van der Waals surface area (Å²) in [5.74, 6) is 0.276. The van der Waals surface area contributed by atoms with Crippen LogP contribution in [-0.4, -0.2) is 33.8 Å². The van der Waals surface area contributed by atoms with Gasteiger partial charge in [0.15, 0.2) is 0 Å². The number of carbonyl (C=O) groups is 1. The minimum absolute atomic E-state index is 0.166. The van der Waals surface area contributed by atoms with Gasteiger partial charge in [-0.3, -0.25) is 9.78 Å². The second-order valence-electron chi connectivity index (χ2n) is 8.23. The third-order valence-corrected chi connectivity index (χ3v) is 5.65. The fourth-order valence-electron chi connectivity index (χ4n) is 3.82. The molecule has 0 aliphatic heterocycles. The first kappa shape index (κ1) is 24.4. The lowest BCUT2D eigenvalue weighted by Crippen LogP contribution is -2.12. The largest absolute Gasteiger partial charge is 0.466 e. The predicted octanol–water partition coefficient (Wildman–Crippen LogP) is 5.78. The van der Waals surface area contributed by atoms with Crippen molar-refractivity contribution in [2.75, 3.05) is 13.2 Å². The third kappa shape index (κ3) is 5.95. The lowest BCUT2D eigenvalue weighted by Gasteiger charge is -2.18. The molecule has 3 rings (SSSR count). The first-order valence-corrected chi connectivity index (χ1v) is 12.1. The SMILES string of the molecule is CCOC(=O)CCCc1c(COCC(C)C)nn2c(CC)ccc2c1-c1cncc(Br)c1. The molecule has 0 aliphatic carbocycles. The Morgan fingerprint density at radius 1 is 1.22 bits per heavy atom. The molecule has 0 atom stereocenters. The van der Waals surface area contributed by atoms with E-state index in [0.717, 1.165) is 44.5 Å². The monoisotopic (exact) mass is 501 g/mol. The summed E-state index contributed by atoms with van der Waals surface area (Å²) in [6.07, 6.45) is 6.31. The molecule has 0 saturated carbocycles. The second-order valence-corrected chi connectivity index (χ2v) is 9.15. The molecule has 0 spiro atoms. The molecular formula is C25H32BrN3O3. The summed E-state index contributed by atoms with van der Waals surface area (Å²) in [6, 6.07) is 6.32. The predicted molar refractivity (Wildman–Crippen MR) is 130 cm³/mol. The molecule has 0 amide bonds. The van der Waals surface area contributed by atoms with Crippen LogP contribution in [0.4, 0.5) is 0 Å². The highest BCUT2D eigenvalue weighted by Crippen LogP contribution is 2.33. The highest BCUT2D eigenvalue weighted by Gasteiger charge is 2.20. The number of carbonyl (C=O) groups excluding carboxylic acids is 1. The van der Waals surface area contributed by atoms with Crippen molar-refractivity contribution in [1.29, 1.82) is 0 Å². The zero-order chi connectivity index (χ0) is 23.1. The van der Waals surface area contributed by atoms with E-state index in [1.165, 1.54) is 0 Å². The molecule has 0 fully saturated rings. The van der Waals surface area contributed by atoms with Crippen LogP contribution in [0.2, 0.25) is 0 Å². The van der Waals surface area contributed by atoms with E-state index in [9.17, 15) is 4.79 Å². The Balaban J connectivity index is 2.10. The van der Waals surface area contributed by atoms with Crippen molar-refractivity contribution in [2.24, 2.45) is 5.92 Å². The van der Waals surface area contributed by atoms with E-state index in [2.05, 4.69) is 59.9 Å². The summed E-state index contributed by atoms with van der Waals surface area (Å²) < 4.78 is 14.1. The molecule has 0 saturated heterocycles. The van der Waals surface area contributed by atoms with Gasteiger partial charge in [-0.2, -0.15) is 5.10 Å². The Kier molecular flexibility index (Phi) is 8.82. The number of esters is 1. The van der Waals surface area contributed by atoms with Gasteiger partial charge in [-0.1, -0.05) is 20.8 Å². The van der Waals surface area contributed by atoms with Gasteiger partial charge in [0.05, 0.1) is 24.4 Å². The van der Waals surface area contributed by atoms with Gasteiger partial charge >= 0.3 is 5.97 Å². The highest BCUT2D eigenvalue weighted by atomic mass is 79.9. The van der Waals surface area contributed by atoms with Crippen molar-refractivity contribution in [3.05, 3.63) is 52.0 Å². The molecule has 0 bridgehead atoms. The normalized spacial score (nSPS) is 11.4. The van der Waals surface area contributed by atoms with Crippen molar-refractivity contribution in [2.45, 2.75) is 60.0 Å². The zero-order valence-corrected chi connectivity index (χ0v) is 20.9. The van der Waals surface area contributed by atoms with Crippen LogP contribution >= 0.6 is 15.9 Å². The number of rotatable bonds is 11. The number of hydrogen-bond donors (Lipinski definition) is 0. The average molecular weight is 502 g/mol. The Morgan fingerprint density at radius 2 is 2.03 bits per heavy atom. The Bertz CT molecular complexity index is 1060. The van der Waals surface area contributed by atoms with Gasteiger partial charge in [0, 0.05) is 46.7 Å². The van der Waals surface area contributed by atoms with Gasteiger partial charge in [0.2, 0.25) is 0 Å². The van der Waals surface area contributed by atoms with E-state index < -0.39 is 0 Å². The summed E-state index contributed by atoms with van der Waals surface area (Å²) in [7, 11) is 0. The number of aromatic nitrogens is 3. The second kappa shape index (κ2) is 11.6. The Labute approximate surface area is 198 Å². The number of ether oxygens (including phenoxy) is 2. The highest BCUT2D eigenvalue weighted by molar-refractivity contribution is 9.10. The van der Waals surface area contributed by atoms with E-state index in [0.29, 0.717) is 45.0 Å². The third-order valence-electron chi connectivity index (χ3n) is 5.22. The number of nitrogens with zero attached hydrogens (tertiary/aromatic N) is 3. The first-order valence-electron chi connectivity index (χ1n) is 11.3. The quantitative estimate of drug-likeness (QED) is 0.311. The maximum absolute atomic E-state index is 11.9. The molecule has 0 aliphatic rings. The molecule has 32 heavy (non-hydrogen) atoms. The van der Waals surface area contributed by atoms with Crippen LogP contribution in [0, 0.1) is 5.92 Å². The molecular weight excluding hydrogens is 470 g/mol. The van der Waals surface area contributed by atoms with Crippen molar-refractivity contribution in [3.8, 4) is 11.1 Å². The first-order chi connectivity index (χ1) is 15.4. The molecule has 6 nitrogen and oxygen atoms in total. The fraction of sp³-hybridized carbons (Fsp3) is 0.480. The summed E-state index contributed by atoms with van der Waals surface area (Å²) >= 11 is 3.56. The van der Waals surface area contributed by atoms with Crippen LogP contribution in [0.25, 0.3) is 16.6 Å². The molecule has 7 heteroatoms. The van der Waals surface area contributed by atoms with E-state index in [4.69, 9.17) is 14.6 Å². The molecule has 3 aromatic heterocycles. The van der Waals surface area contributed by atoms with Gasteiger partial charge in [-0.25, -0.2) is 4.52 Å². The van der Waals surface area contributed by atoms with Crippen molar-refractivity contribution in [3.63, 3.8) is 0 Å². The number of fused-ring (bicyclic) bond motifs is 1. The number of aryl methyl sites for hydroxylation is 1. The minimum Gasteiger partial charge on any atom is -0.466 e. The molecule has 3 heterocycles. The van der Waals surface area contributed by atoms with Crippen LogP contribution in [0.5, 0.6) is 0 Å². The summed E-state index contributed by atoms with van der Waals surface area (Å²) in [5, 5.41) is 4.99. The van der Waals surface area contributed by atoms with Crippen LogP contribution in [-0.2, 0) is 33.7 Å². The molecule has 3 aromatic rings. The maximum Gasteiger partial charge on any atom is 0.305 e. The molecule has 0 radical (unpaired) electrons. The van der Waals surface area contributed by atoms with E-state index >= 15 is 0 Å². The van der Waals surface area contributed by atoms with Gasteiger partial charge < -0.3 is 9.47 Å². The summed E-state index contributed by atoms with van der Waals surface area (Å²) in [6.45, 7) is 9.73. The Morgan fingerprint density at radius 3 is 2.72 bits per heavy atom. The van der Waals surface area contributed by atoms with Crippen LogP contribution < -0.4 is 0 Å². The lowest BCUT2D eigenvalue weighted by atomic mass is 9.95. The summed E-state index contributed by atoms with van der Waals surface area (Å²) in [5.41, 5.74) is 6.31. The number of halogens is 1. The van der Waals surface area contributed by atoms with E-state index in [1.807, 2.05) is 17.6 Å². The average Bonchev–Trinajstić information content (AvgIpc) is 3.16. The topological polar surface area (TPSA) is 65.7 Å². The number of hydrogen-bond acceptors (Lipinski definition) is 5. The molecule has 0 aromatic carbocycles. The number of pyridine rings is 1. The molecule has 0 N–H and O–H groups in total. The van der Waals surface area contributed by atoms with Gasteiger partial charge in [-0.15, -0.1) is 0 Å². The fourth-order valence-corrected chi connectivity index (χ4v) is 4.18. The van der Waals surface area contributed by atoms with Crippen molar-refractivity contribution >= 4 is 27.4 Å². The van der Waals surface area contributed by atoms with Crippen LogP contribution in [0.1, 0.15) is 57.5 Å². The smallest absolute Gasteiger partial charge is 0.305 e. The van der Waals surface area contributed by atoms with Gasteiger partial charge in [0.1, 0.15) is 0 Å². The van der Waals surface area contributed by atoms with Crippen LogP contribution in [0.3, 0.4) is 0 Å². The summed E-state index contributed by atoms with van der Waals surface area (Å²) in [4.78, 5) is 16.3. The van der Waals surface area contributed by atoms with Crippen molar-refractivity contribution < 1.29 is 14.3 Å². The maximum atomic E-state index is 11.9. The van der Waals surface area contributed by atoms with Gasteiger partial charge in [-0.05, 0) is 71.8 Å². The zero-order valence-electron chi connectivity index (χ0n) is 19.4. The van der Waals surface area contributed by atoms with Crippen molar-refractivity contribution in [1.82, 2.24) is 14.6 Å². The van der Waals surface area contributed by atoms with E-state index in [-0.39, 0.29) is 5.97 Å². The van der Waals surface area contributed by atoms with E-state index in [1.54, 1.807) is 6.20 Å². The molecule has 172 valence electrons. The van der Waals surface area contributed by atoms with Gasteiger partial charge in [0.25, 0.3) is 0 Å². The molecule has 0 unspecified atom stereocenters. The van der Waals surface area contributed by atoms with Crippen LogP contribution in [0.15, 0.2) is 35.1 Å².